The van der Waals surface area contributed by atoms with Crippen molar-refractivity contribution in [2.24, 2.45) is 0 Å². The van der Waals surface area contributed by atoms with Crippen molar-refractivity contribution in [2.45, 2.75) is 18.7 Å². The number of rotatable bonds is 6. The molecule has 1 aliphatic carbocycles. The third-order valence-electron chi connectivity index (χ3n) is 5.20. The first-order valence-corrected chi connectivity index (χ1v) is 11.6. The molecule has 3 aromatic rings. The monoisotopic (exact) mass is 477 g/mol. The lowest BCUT2D eigenvalue weighted by atomic mass is 9.90. The van der Waals surface area contributed by atoms with Gasteiger partial charge in [0.2, 0.25) is 11.6 Å². The molecular weight excluding hydrogens is 458 g/mol. The summed E-state index contributed by atoms with van der Waals surface area (Å²) in [4.78, 5) is 36.6. The van der Waals surface area contributed by atoms with E-state index in [0.29, 0.717) is 5.69 Å². The van der Waals surface area contributed by atoms with E-state index in [1.54, 1.807) is 24.3 Å². The summed E-state index contributed by atoms with van der Waals surface area (Å²) in [6, 6.07) is 16.2. The van der Waals surface area contributed by atoms with Crippen molar-refractivity contribution in [3.05, 3.63) is 110 Å². The Labute approximate surface area is 195 Å². The first-order chi connectivity index (χ1) is 16.1. The third kappa shape index (κ3) is 4.18. The number of sulfonamides is 1. The lowest BCUT2D eigenvalue weighted by Crippen LogP contribution is -2.36. The smallest absolute Gasteiger partial charge is 0.289 e. The van der Waals surface area contributed by atoms with Gasteiger partial charge in [0.15, 0.2) is 4.90 Å². The summed E-state index contributed by atoms with van der Waals surface area (Å²) in [6.07, 6.45) is 0. The molecule has 0 radical (unpaired) electrons. The van der Waals surface area contributed by atoms with E-state index in [1.165, 1.54) is 24.3 Å². The Hall–Kier alpha value is -4.31. The number of benzene rings is 3. The van der Waals surface area contributed by atoms with Crippen LogP contribution in [-0.4, -0.2) is 24.9 Å². The van der Waals surface area contributed by atoms with Gasteiger partial charge >= 0.3 is 0 Å². The minimum Gasteiger partial charge on any atom is -0.350 e. The number of ketones is 2. The molecule has 4 rings (SSSR count). The molecule has 34 heavy (non-hydrogen) atoms. The zero-order valence-electron chi connectivity index (χ0n) is 18.2. The molecule has 0 saturated carbocycles. The molecule has 9 nitrogen and oxygen atoms in total. The Balaban J connectivity index is 1.88. The molecule has 0 saturated heterocycles. The summed E-state index contributed by atoms with van der Waals surface area (Å²) in [5.41, 5.74) is 0.966. The second-order valence-electron chi connectivity index (χ2n) is 7.79. The summed E-state index contributed by atoms with van der Waals surface area (Å²) >= 11 is 0. The quantitative estimate of drug-likeness (QED) is 0.406. The van der Waals surface area contributed by atoms with E-state index in [4.69, 9.17) is 0 Å². The van der Waals surface area contributed by atoms with Gasteiger partial charge in [-0.05, 0) is 43.2 Å². The normalized spacial score (nSPS) is 13.5. The van der Waals surface area contributed by atoms with Crippen molar-refractivity contribution in [1.29, 1.82) is 0 Å². The van der Waals surface area contributed by atoms with E-state index < -0.39 is 42.8 Å². The molecule has 0 bridgehead atoms. The van der Waals surface area contributed by atoms with Crippen LogP contribution in [0, 0.1) is 24.0 Å². The van der Waals surface area contributed by atoms with E-state index in [-0.39, 0.29) is 16.8 Å². The number of Topliss-reactive ketones (excluding diaryl/α,β-unsaturated/α-hetero) is 2. The topological polar surface area (TPSA) is 135 Å². The van der Waals surface area contributed by atoms with Crippen molar-refractivity contribution in [1.82, 2.24) is 4.72 Å². The van der Waals surface area contributed by atoms with Gasteiger partial charge in [0.1, 0.15) is 11.4 Å². The summed E-state index contributed by atoms with van der Waals surface area (Å²) in [6.45, 7) is 3.71. The van der Waals surface area contributed by atoms with Crippen molar-refractivity contribution in [2.75, 3.05) is 5.32 Å². The maximum Gasteiger partial charge on any atom is 0.289 e. The van der Waals surface area contributed by atoms with E-state index >= 15 is 0 Å². The number of allylic oxidation sites excluding steroid dienone is 2. The van der Waals surface area contributed by atoms with Gasteiger partial charge in [0.05, 0.1) is 4.92 Å². The number of hydrogen-bond donors (Lipinski definition) is 2. The molecule has 3 aromatic carbocycles. The average Bonchev–Trinajstić information content (AvgIpc) is 2.79. The van der Waals surface area contributed by atoms with Crippen LogP contribution in [0.15, 0.2) is 83.0 Å². The van der Waals surface area contributed by atoms with Crippen LogP contribution in [0.4, 0.5) is 11.4 Å². The summed E-state index contributed by atoms with van der Waals surface area (Å²) in [5, 5.41) is 14.3. The molecule has 0 aliphatic heterocycles. The number of hydrogen-bond acceptors (Lipinski definition) is 7. The number of nitrogens with zero attached hydrogens (tertiary/aromatic N) is 1. The lowest BCUT2D eigenvalue weighted by molar-refractivity contribution is -0.387. The van der Waals surface area contributed by atoms with E-state index in [0.717, 1.165) is 23.3 Å². The Morgan fingerprint density at radius 2 is 1.32 bits per heavy atom. The molecule has 172 valence electrons. The fraction of sp³-hybridized carbons (Fsp3) is 0.0833. The number of nitro groups is 1. The Kier molecular flexibility index (Phi) is 5.76. The zero-order chi connectivity index (χ0) is 24.6. The van der Waals surface area contributed by atoms with Gasteiger partial charge in [-0.15, -0.1) is 0 Å². The molecule has 0 heterocycles. The van der Waals surface area contributed by atoms with Crippen molar-refractivity contribution >= 4 is 33.0 Å². The van der Waals surface area contributed by atoms with Crippen LogP contribution < -0.4 is 10.0 Å². The van der Waals surface area contributed by atoms with Crippen LogP contribution in [0.3, 0.4) is 0 Å². The van der Waals surface area contributed by atoms with E-state index in [2.05, 4.69) is 10.0 Å². The molecule has 1 aliphatic rings. The summed E-state index contributed by atoms with van der Waals surface area (Å²) in [5.74, 6) is -1.32. The first-order valence-electron chi connectivity index (χ1n) is 10.1. The molecule has 0 spiro atoms. The van der Waals surface area contributed by atoms with E-state index in [1.807, 2.05) is 19.9 Å². The predicted molar refractivity (Wildman–Crippen MR) is 125 cm³/mol. The number of nitro benzene ring substituents is 1. The number of nitrogens with one attached hydrogen (secondary N) is 2. The summed E-state index contributed by atoms with van der Waals surface area (Å²) < 4.78 is 28.5. The minimum absolute atomic E-state index is 0.0266. The van der Waals surface area contributed by atoms with Crippen LogP contribution in [0.1, 0.15) is 31.8 Å². The average molecular weight is 477 g/mol. The van der Waals surface area contributed by atoms with Gasteiger partial charge in [0, 0.05) is 22.9 Å². The molecule has 10 heteroatoms. The number of carbonyl (C=O) groups is 2. The maximum atomic E-state index is 13.3. The van der Waals surface area contributed by atoms with Crippen molar-refractivity contribution in [3.63, 3.8) is 0 Å². The van der Waals surface area contributed by atoms with Gasteiger partial charge in [-0.3, -0.25) is 24.4 Å². The highest BCUT2D eigenvalue weighted by Crippen LogP contribution is 2.29. The van der Waals surface area contributed by atoms with Crippen molar-refractivity contribution < 1.29 is 22.9 Å². The zero-order valence-corrected chi connectivity index (χ0v) is 19.0. The number of para-hydroxylation sites is 1. The Morgan fingerprint density at radius 1 is 0.794 bits per heavy atom. The molecule has 0 atom stereocenters. The third-order valence-corrected chi connectivity index (χ3v) is 6.60. The van der Waals surface area contributed by atoms with E-state index in [9.17, 15) is 28.1 Å². The minimum atomic E-state index is -4.60. The number of aryl methyl sites for hydroxylation is 2. The lowest BCUT2D eigenvalue weighted by Gasteiger charge is -2.23. The molecule has 0 aromatic heterocycles. The van der Waals surface area contributed by atoms with Crippen LogP contribution in [0.5, 0.6) is 0 Å². The fourth-order valence-corrected chi connectivity index (χ4v) is 5.06. The summed E-state index contributed by atoms with van der Waals surface area (Å²) in [7, 11) is -4.60. The van der Waals surface area contributed by atoms with Gasteiger partial charge in [-0.1, -0.05) is 42.5 Å². The van der Waals surface area contributed by atoms with Gasteiger partial charge < -0.3 is 5.32 Å². The molecule has 0 fully saturated rings. The highest BCUT2D eigenvalue weighted by molar-refractivity contribution is 7.89. The number of carbonyl (C=O) groups excluding carboxylic acids is 2. The van der Waals surface area contributed by atoms with Crippen LogP contribution in [0.25, 0.3) is 0 Å². The number of fused-ring (bicyclic) bond motifs is 1. The number of anilines is 1. The maximum absolute atomic E-state index is 13.3. The first kappa shape index (κ1) is 22.9. The Bertz CT molecular complexity index is 1490. The fourth-order valence-electron chi connectivity index (χ4n) is 3.81. The van der Waals surface area contributed by atoms with Gasteiger partial charge in [-0.2, -0.15) is 0 Å². The van der Waals surface area contributed by atoms with Crippen LogP contribution in [0.2, 0.25) is 0 Å². The van der Waals surface area contributed by atoms with Gasteiger partial charge in [-0.25, -0.2) is 8.42 Å². The molecule has 2 N–H and O–H groups in total. The highest BCUT2D eigenvalue weighted by Gasteiger charge is 2.36. The van der Waals surface area contributed by atoms with Gasteiger partial charge in [0.25, 0.3) is 15.7 Å². The largest absolute Gasteiger partial charge is 0.350 e. The second-order valence-corrected chi connectivity index (χ2v) is 9.44. The molecule has 0 unspecified atom stereocenters. The van der Waals surface area contributed by atoms with Crippen LogP contribution in [-0.2, 0) is 10.0 Å². The highest BCUT2D eigenvalue weighted by atomic mass is 32.2. The molecule has 0 amide bonds. The standard InChI is InChI=1S/C24H19N3O6S/c1-14-11-15(2)13-16(12-14)25-21-22(24(29)18-8-4-3-7-17(18)23(21)28)26-34(32,33)20-10-6-5-9-19(20)27(30)31/h3-13,25-26H,1-2H3. The Morgan fingerprint density at radius 3 is 1.91 bits per heavy atom. The predicted octanol–water partition coefficient (Wildman–Crippen LogP) is 3.89. The SMILES string of the molecule is Cc1cc(C)cc(NC2=C(NS(=O)(=O)c3ccccc3[N+](=O)[O-])C(=O)c3ccccc3C2=O)c1. The molecular formula is C24H19N3O6S. The van der Waals surface area contributed by atoms with Crippen LogP contribution >= 0.6 is 0 Å². The van der Waals surface area contributed by atoms with Crippen molar-refractivity contribution in [3.8, 4) is 0 Å². The second kappa shape index (κ2) is 8.56.